The van der Waals surface area contributed by atoms with Crippen LogP contribution in [0.1, 0.15) is 122 Å². The Morgan fingerprint density at radius 2 is 0.427 bits per heavy atom. The number of anilines is 8. The Hall–Kier alpha value is -18.7. The van der Waals surface area contributed by atoms with Gasteiger partial charge in [0, 0.05) is 96.2 Å². The summed E-state index contributed by atoms with van der Waals surface area (Å²) >= 11 is 0. The summed E-state index contributed by atoms with van der Waals surface area (Å²) in [6.07, 6.45) is 0. The maximum absolute atomic E-state index is 7.32. The summed E-state index contributed by atoms with van der Waals surface area (Å²) in [4.78, 5) is 0. The average molecular weight is 1880 g/mol. The molecule has 0 radical (unpaired) electrons. The number of aryl methyl sites for hydroxylation is 1. The maximum atomic E-state index is 7.32. The molecule has 17 heteroatoms. The zero-order chi connectivity index (χ0) is 102. The third kappa shape index (κ3) is 23.3. The summed E-state index contributed by atoms with van der Waals surface area (Å²) in [6.45, 7) is 7.80. The molecule has 18 rings (SSSR count). The van der Waals surface area contributed by atoms with Gasteiger partial charge in [-0.3, -0.25) is 0 Å². The van der Waals surface area contributed by atoms with Crippen LogP contribution in [0.25, 0.3) is 22.3 Å². The maximum Gasteiger partial charge on any atom is 0.142 e. The number of nitrogens with zero attached hydrogens (tertiary/aromatic N) is 4. The molecule has 0 saturated carbocycles. The monoisotopic (exact) mass is 1880 g/mol. The predicted molar refractivity (Wildman–Crippen MR) is 588 cm³/mol. The lowest BCUT2D eigenvalue weighted by molar-refractivity contribution is 0.395. The molecule has 0 aliphatic rings. The van der Waals surface area contributed by atoms with Gasteiger partial charge < -0.3 is 69.6 Å². The Labute approximate surface area is 841 Å². The van der Waals surface area contributed by atoms with Crippen LogP contribution in [0.2, 0.25) is 0 Å². The third-order valence-corrected chi connectivity index (χ3v) is 24.7. The van der Waals surface area contributed by atoms with Gasteiger partial charge in [-0.05, 0) is 181 Å². The molecule has 714 valence electrons. The third-order valence-electron chi connectivity index (χ3n) is 24.7. The van der Waals surface area contributed by atoms with Gasteiger partial charge in [0.1, 0.15) is 28.7 Å². The minimum absolute atomic E-state index is 0.594. The van der Waals surface area contributed by atoms with Crippen molar-refractivity contribution in [3.63, 3.8) is 0 Å². The molecule has 0 heterocycles. The van der Waals surface area contributed by atoms with Gasteiger partial charge in [-0.15, -0.1) is 0 Å². The summed E-state index contributed by atoms with van der Waals surface area (Å²) in [7, 11) is 8.27. The first-order chi connectivity index (χ1) is 69.6. The molecule has 0 amide bonds. The highest BCUT2D eigenvalue weighted by Crippen LogP contribution is 2.55. The standard InChI is InChI=1S/C37H30N2.2C27H26N2O2.C27H26N2O.4C2H3N/c38-35-23-21-31(25-33(35)27-13-5-1-6-14-27)37(29-17-9-3-10-18-29,30-19-11-4-12-20-30)32-22-24-36(39)34(26-32)28-15-7-2-8-16-28;1-30-25-17-21(28)13-15-23(25)27(19-9-5-3-6-10-19,20-11-7-4-8-12-20)24-16-14-22(29)18-26(24)31-2;1-30-25-17-21(13-15-23(25)28)27(19-9-5-3-6-10-19,20-11-7-4-8-12-20)22-14-16-24(29)26(18-22)31-2;1-19-13-15-25(28)23(17-19)27(20-9-5-3-6-10-20,21-11-7-4-8-12-21)24-18-22(30-2)14-16-26(24)29;4*1-2-3/h1-26H,38-39H2;2*3-18H,28-29H2,1-2H3;3-18H,28-29H2,1-2H3;4*1H3. The fourth-order valence-corrected chi connectivity index (χ4v) is 18.6. The van der Waals surface area contributed by atoms with Gasteiger partial charge in [-0.25, -0.2) is 0 Å². The highest BCUT2D eigenvalue weighted by Gasteiger charge is 2.46. The van der Waals surface area contributed by atoms with Crippen LogP contribution >= 0.6 is 0 Å². The minimum atomic E-state index is -0.722. The van der Waals surface area contributed by atoms with E-state index in [9.17, 15) is 0 Å². The Kier molecular flexibility index (Phi) is 37.3. The van der Waals surface area contributed by atoms with Gasteiger partial charge in [0.05, 0.1) is 92.9 Å². The Morgan fingerprint density at radius 1 is 0.196 bits per heavy atom. The zero-order valence-electron chi connectivity index (χ0n) is 82.2. The van der Waals surface area contributed by atoms with Crippen LogP contribution in [0, 0.1) is 52.2 Å². The molecular formula is C126H120N12O5. The van der Waals surface area contributed by atoms with Crippen LogP contribution in [-0.4, -0.2) is 35.5 Å². The lowest BCUT2D eigenvalue weighted by Crippen LogP contribution is -2.33. The first-order valence-corrected chi connectivity index (χ1v) is 46.3. The normalized spacial score (nSPS) is 10.5. The van der Waals surface area contributed by atoms with Gasteiger partial charge in [0.15, 0.2) is 0 Å². The quantitative estimate of drug-likeness (QED) is 0.0218. The molecular weight excluding hydrogens is 1760 g/mol. The van der Waals surface area contributed by atoms with E-state index < -0.39 is 21.7 Å². The smallest absolute Gasteiger partial charge is 0.142 e. The lowest BCUT2D eigenvalue weighted by atomic mass is 9.64. The first-order valence-electron chi connectivity index (χ1n) is 46.3. The molecule has 0 unspecified atom stereocenters. The van der Waals surface area contributed by atoms with Crippen molar-refractivity contribution < 1.29 is 23.7 Å². The van der Waals surface area contributed by atoms with Crippen LogP contribution in [0.15, 0.2) is 449 Å². The van der Waals surface area contributed by atoms with Gasteiger partial charge in [0.25, 0.3) is 0 Å². The van der Waals surface area contributed by atoms with E-state index in [1.165, 1.54) is 38.8 Å². The lowest BCUT2D eigenvalue weighted by Gasteiger charge is -2.38. The topological polar surface area (TPSA) is 349 Å². The second-order valence-corrected chi connectivity index (χ2v) is 33.0. The van der Waals surface area contributed by atoms with Crippen molar-refractivity contribution in [1.82, 2.24) is 0 Å². The van der Waals surface area contributed by atoms with Gasteiger partial charge in [0.2, 0.25) is 0 Å². The van der Waals surface area contributed by atoms with Crippen molar-refractivity contribution in [1.29, 1.82) is 21.0 Å². The van der Waals surface area contributed by atoms with Crippen LogP contribution in [0.3, 0.4) is 0 Å². The number of hydrogen-bond acceptors (Lipinski definition) is 17. The number of rotatable bonds is 23. The van der Waals surface area contributed by atoms with Crippen LogP contribution in [0.4, 0.5) is 45.5 Å². The van der Waals surface area contributed by atoms with Crippen LogP contribution in [0.5, 0.6) is 28.7 Å². The number of methoxy groups -OCH3 is 5. The molecule has 0 aromatic heterocycles. The first kappa shape index (κ1) is 105. The molecule has 0 spiro atoms. The van der Waals surface area contributed by atoms with E-state index in [1.807, 2.05) is 176 Å². The van der Waals surface area contributed by atoms with Crippen molar-refractivity contribution >= 4 is 45.5 Å². The fourth-order valence-electron chi connectivity index (χ4n) is 18.6. The number of ether oxygens (including phenoxy) is 5. The van der Waals surface area contributed by atoms with Crippen molar-refractivity contribution in [2.75, 3.05) is 81.4 Å². The zero-order valence-corrected chi connectivity index (χ0v) is 82.2. The Morgan fingerprint density at radius 3 is 0.699 bits per heavy atom. The number of nitrogen functional groups attached to an aromatic ring is 8. The summed E-state index contributed by atoms with van der Waals surface area (Å²) in [5.41, 5.74) is 76.2. The average Bonchev–Trinajstić information content (AvgIpc) is 0.739. The highest BCUT2D eigenvalue weighted by molar-refractivity contribution is 5.83. The van der Waals surface area contributed by atoms with E-state index in [0.29, 0.717) is 51.4 Å². The van der Waals surface area contributed by atoms with Crippen molar-refractivity contribution in [3.05, 3.63) is 543 Å². The molecule has 0 aliphatic heterocycles. The van der Waals surface area contributed by atoms with Gasteiger partial charge >= 0.3 is 0 Å². The van der Waals surface area contributed by atoms with Crippen molar-refractivity contribution in [2.45, 2.75) is 56.3 Å². The summed E-state index contributed by atoms with van der Waals surface area (Å²) in [6, 6.07) is 160. The van der Waals surface area contributed by atoms with Gasteiger partial charge in [-0.1, -0.05) is 357 Å². The summed E-state index contributed by atoms with van der Waals surface area (Å²) in [5.74, 6) is 3.42. The Bertz CT molecular complexity index is 6900. The molecule has 0 bridgehead atoms. The molecule has 0 aliphatic carbocycles. The van der Waals surface area contributed by atoms with E-state index in [4.69, 9.17) is 90.6 Å². The molecule has 0 fully saturated rings. The molecule has 143 heavy (non-hydrogen) atoms. The number of nitrogens with two attached hydrogens (primary N) is 8. The SMILES string of the molecule is CC#N.CC#N.CC#N.CC#N.COc1cc(C(c2ccccc2)(c2ccccc2)c2ccc(N)c(OC)c2)ccc1N.COc1cc(N)ccc1C(c1ccccc1)(c1ccccc1)c1ccc(N)cc1OC.COc1ccc(N)c(C(c2ccccc2)(c2ccccc2)c2cc(C)ccc2N)c1.Nc1ccc(C(c2ccccc2)(c2ccccc2)c2ccc(N)c(-c3ccccc3)c2)cc1-c1ccccc1. The van der Waals surface area contributed by atoms with E-state index in [2.05, 4.69) is 280 Å². The van der Waals surface area contributed by atoms with Crippen LogP contribution < -0.4 is 69.6 Å². The van der Waals surface area contributed by atoms with E-state index in [0.717, 1.165) is 129 Å². The molecule has 17 nitrogen and oxygen atoms in total. The highest BCUT2D eigenvalue weighted by atomic mass is 16.5. The van der Waals surface area contributed by atoms with Gasteiger partial charge in [-0.2, -0.15) is 21.0 Å². The minimum Gasteiger partial charge on any atom is -0.497 e. The second-order valence-electron chi connectivity index (χ2n) is 33.0. The van der Waals surface area contributed by atoms with E-state index >= 15 is 0 Å². The Balaban J connectivity index is 0.000000176. The summed E-state index contributed by atoms with van der Waals surface area (Å²) < 4.78 is 28.4. The number of hydrogen-bond donors (Lipinski definition) is 8. The fraction of sp³-hybridized carbons (Fsp3) is 0.111. The van der Waals surface area contributed by atoms with Crippen molar-refractivity contribution in [2.24, 2.45) is 0 Å². The summed E-state index contributed by atoms with van der Waals surface area (Å²) in [5, 5.41) is 29.3. The van der Waals surface area contributed by atoms with E-state index in [1.54, 1.807) is 59.8 Å². The molecule has 18 aromatic rings. The predicted octanol–water partition coefficient (Wildman–Crippen LogP) is 26.7. The molecule has 16 N–H and O–H groups in total. The molecule has 18 aromatic carbocycles. The largest absolute Gasteiger partial charge is 0.497 e. The molecule has 0 saturated heterocycles. The number of benzene rings is 18. The van der Waals surface area contributed by atoms with E-state index in [-0.39, 0.29) is 0 Å². The second kappa shape index (κ2) is 50.9. The molecule has 0 atom stereocenters. The number of nitriles is 4. The van der Waals surface area contributed by atoms with Crippen LogP contribution in [-0.2, 0) is 21.7 Å². The van der Waals surface area contributed by atoms with Crippen molar-refractivity contribution in [3.8, 4) is 75.3 Å².